The molecule has 0 radical (unpaired) electrons. The molecule has 1 saturated heterocycles. The molecule has 0 unspecified atom stereocenters. The molecule has 1 fully saturated rings. The number of aromatic nitrogens is 2. The summed E-state index contributed by atoms with van der Waals surface area (Å²) < 4.78 is 6.00. The summed E-state index contributed by atoms with van der Waals surface area (Å²) in [6.07, 6.45) is -4.49. The summed E-state index contributed by atoms with van der Waals surface area (Å²) in [7, 11) is 0. The summed E-state index contributed by atoms with van der Waals surface area (Å²) in [6, 6.07) is 7.47. The van der Waals surface area contributed by atoms with E-state index in [4.69, 9.17) is 16.3 Å². The Morgan fingerprint density at radius 3 is 2.60 bits per heavy atom. The molecule has 136 valence electrons. The number of nitrogens with zero attached hydrogens (tertiary/aromatic N) is 2. The first-order chi connectivity index (χ1) is 12.0. The maximum Gasteiger partial charge on any atom is 0.176 e. The maximum atomic E-state index is 10.1. The average molecular weight is 405 g/mol. The van der Waals surface area contributed by atoms with Crippen LogP contribution in [0.2, 0.25) is 5.02 Å². The standard InChI is InChI=1S/C15H17ClN2O5S2/c16-8-4-2-1-3-7(8)5-10-17-18-15(24-10)25-14-13(22)12(21)11(20)9(6-19)23-14/h1-4,9,11-14,19-22H,5-6H2/t9-,11-,12+,13-,14+/m1/s1. The van der Waals surface area contributed by atoms with E-state index in [1.807, 2.05) is 24.3 Å². The van der Waals surface area contributed by atoms with Crippen LogP contribution in [0.1, 0.15) is 10.6 Å². The minimum absolute atomic E-state index is 0.462. The number of aliphatic hydroxyl groups is 4. The van der Waals surface area contributed by atoms with Crippen molar-refractivity contribution >= 4 is 34.7 Å². The third kappa shape index (κ3) is 4.32. The topological polar surface area (TPSA) is 116 Å². The lowest BCUT2D eigenvalue weighted by Crippen LogP contribution is -2.57. The molecule has 3 rings (SSSR count). The van der Waals surface area contributed by atoms with E-state index in [-0.39, 0.29) is 0 Å². The normalized spacial score (nSPS) is 29.7. The smallest absolute Gasteiger partial charge is 0.176 e. The Morgan fingerprint density at radius 2 is 1.88 bits per heavy atom. The zero-order chi connectivity index (χ0) is 18.0. The molecule has 1 aliphatic heterocycles. The van der Waals surface area contributed by atoms with Crippen molar-refractivity contribution in [1.29, 1.82) is 0 Å². The van der Waals surface area contributed by atoms with E-state index in [1.165, 1.54) is 11.3 Å². The molecule has 25 heavy (non-hydrogen) atoms. The van der Waals surface area contributed by atoms with E-state index in [0.717, 1.165) is 22.3 Å². The molecule has 0 spiro atoms. The van der Waals surface area contributed by atoms with E-state index in [2.05, 4.69) is 10.2 Å². The zero-order valence-corrected chi connectivity index (χ0v) is 15.3. The molecule has 0 saturated carbocycles. The SMILES string of the molecule is OC[C@H]1O[C@@H](Sc2nnc(Cc3ccccc3Cl)s2)[C@H](O)[C@@H](O)[C@@H]1O. The molecule has 1 aromatic carbocycles. The van der Waals surface area contributed by atoms with Crippen molar-refractivity contribution < 1.29 is 25.2 Å². The minimum Gasteiger partial charge on any atom is -0.394 e. The van der Waals surface area contributed by atoms with Crippen molar-refractivity contribution in [1.82, 2.24) is 10.2 Å². The lowest BCUT2D eigenvalue weighted by Gasteiger charge is -2.39. The summed E-state index contributed by atoms with van der Waals surface area (Å²) in [4.78, 5) is 0. The van der Waals surface area contributed by atoms with Crippen LogP contribution in [0.4, 0.5) is 0 Å². The van der Waals surface area contributed by atoms with Crippen LogP contribution in [0.15, 0.2) is 28.6 Å². The van der Waals surface area contributed by atoms with E-state index in [0.29, 0.717) is 15.8 Å². The van der Waals surface area contributed by atoms with Gasteiger partial charge in [0.25, 0.3) is 0 Å². The number of hydrogen-bond donors (Lipinski definition) is 4. The number of aliphatic hydroxyl groups excluding tert-OH is 4. The van der Waals surface area contributed by atoms with Crippen molar-refractivity contribution in [2.24, 2.45) is 0 Å². The van der Waals surface area contributed by atoms with Gasteiger partial charge in [-0.25, -0.2) is 0 Å². The van der Waals surface area contributed by atoms with Crippen molar-refractivity contribution in [2.75, 3.05) is 6.61 Å². The Bertz CT molecular complexity index is 717. The van der Waals surface area contributed by atoms with Gasteiger partial charge in [0.2, 0.25) is 0 Å². The summed E-state index contributed by atoms with van der Waals surface area (Å²) in [5, 5.41) is 48.5. The average Bonchev–Trinajstić information content (AvgIpc) is 3.04. The predicted molar refractivity (Wildman–Crippen MR) is 93.8 cm³/mol. The molecule has 5 atom stereocenters. The van der Waals surface area contributed by atoms with Gasteiger partial charge in [0, 0.05) is 11.4 Å². The number of benzene rings is 1. The second-order valence-electron chi connectivity index (χ2n) is 5.55. The van der Waals surface area contributed by atoms with Crippen LogP contribution in [0.5, 0.6) is 0 Å². The fourth-order valence-corrected chi connectivity index (χ4v) is 4.77. The first-order valence-corrected chi connectivity index (χ1v) is 9.60. The van der Waals surface area contributed by atoms with Gasteiger partial charge in [0.15, 0.2) is 4.34 Å². The predicted octanol–water partition coefficient (Wildman–Crippen LogP) is 0.674. The molecule has 0 bridgehead atoms. The van der Waals surface area contributed by atoms with Crippen molar-refractivity contribution in [2.45, 2.75) is 40.6 Å². The van der Waals surface area contributed by atoms with Crippen LogP contribution in [0.3, 0.4) is 0 Å². The van der Waals surface area contributed by atoms with Gasteiger partial charge in [-0.1, -0.05) is 52.9 Å². The monoisotopic (exact) mass is 404 g/mol. The van der Waals surface area contributed by atoms with Crippen LogP contribution < -0.4 is 0 Å². The molecule has 10 heteroatoms. The maximum absolute atomic E-state index is 10.1. The fourth-order valence-electron chi connectivity index (χ4n) is 2.43. The Hall–Kier alpha value is -0.780. The molecule has 0 aliphatic carbocycles. The van der Waals surface area contributed by atoms with Crippen molar-refractivity contribution in [3.05, 3.63) is 39.9 Å². The lowest BCUT2D eigenvalue weighted by atomic mass is 10.0. The highest BCUT2D eigenvalue weighted by Crippen LogP contribution is 2.35. The second-order valence-corrected chi connectivity index (χ2v) is 8.36. The Balaban J connectivity index is 1.67. The molecular formula is C15H17ClN2O5S2. The van der Waals surface area contributed by atoms with E-state index >= 15 is 0 Å². The molecule has 7 nitrogen and oxygen atoms in total. The van der Waals surface area contributed by atoms with Crippen LogP contribution in [-0.2, 0) is 11.2 Å². The van der Waals surface area contributed by atoms with Gasteiger partial charge in [0.1, 0.15) is 34.9 Å². The molecule has 1 aromatic heterocycles. The van der Waals surface area contributed by atoms with Gasteiger partial charge in [-0.3, -0.25) is 0 Å². The first kappa shape index (κ1) is 19.0. The summed E-state index contributed by atoms with van der Waals surface area (Å²) in [5.74, 6) is 0. The van der Waals surface area contributed by atoms with E-state index in [9.17, 15) is 20.4 Å². The molecule has 4 N–H and O–H groups in total. The highest BCUT2D eigenvalue weighted by atomic mass is 35.5. The second kappa shape index (κ2) is 8.28. The molecular weight excluding hydrogens is 388 g/mol. The van der Waals surface area contributed by atoms with Gasteiger partial charge in [0.05, 0.1) is 6.61 Å². The van der Waals surface area contributed by atoms with Gasteiger partial charge in [-0.2, -0.15) is 0 Å². The quantitative estimate of drug-likeness (QED) is 0.574. The Labute approximate surface area is 157 Å². The lowest BCUT2D eigenvalue weighted by molar-refractivity contribution is -0.205. The van der Waals surface area contributed by atoms with E-state index in [1.54, 1.807) is 0 Å². The molecule has 2 heterocycles. The number of hydrogen-bond acceptors (Lipinski definition) is 9. The minimum atomic E-state index is -1.40. The number of halogens is 1. The number of ether oxygens (including phenoxy) is 1. The highest BCUT2D eigenvalue weighted by Gasteiger charge is 2.44. The third-order valence-electron chi connectivity index (χ3n) is 3.81. The fraction of sp³-hybridized carbons (Fsp3) is 0.467. The van der Waals surface area contributed by atoms with Crippen molar-refractivity contribution in [3.63, 3.8) is 0 Å². The zero-order valence-electron chi connectivity index (χ0n) is 12.9. The van der Waals surface area contributed by atoms with Gasteiger partial charge >= 0.3 is 0 Å². The molecule has 1 aliphatic rings. The Morgan fingerprint density at radius 1 is 1.12 bits per heavy atom. The van der Waals surface area contributed by atoms with Gasteiger partial charge in [-0.15, -0.1) is 10.2 Å². The van der Waals surface area contributed by atoms with Crippen molar-refractivity contribution in [3.8, 4) is 0 Å². The molecule has 0 amide bonds. The number of rotatable bonds is 5. The number of thioether (sulfide) groups is 1. The van der Waals surface area contributed by atoms with Gasteiger partial charge < -0.3 is 25.2 Å². The van der Waals surface area contributed by atoms with Crippen LogP contribution >= 0.6 is 34.7 Å². The first-order valence-electron chi connectivity index (χ1n) is 7.52. The molecule has 2 aromatic rings. The van der Waals surface area contributed by atoms with Crippen LogP contribution in [-0.4, -0.2) is 67.1 Å². The van der Waals surface area contributed by atoms with Crippen LogP contribution in [0.25, 0.3) is 0 Å². The Kier molecular flexibility index (Phi) is 6.29. The largest absolute Gasteiger partial charge is 0.394 e. The summed E-state index contributed by atoms with van der Waals surface area (Å²) >= 11 is 8.56. The third-order valence-corrected chi connectivity index (χ3v) is 6.34. The summed E-state index contributed by atoms with van der Waals surface area (Å²) in [5.41, 5.74) is 0.0707. The summed E-state index contributed by atoms with van der Waals surface area (Å²) in [6.45, 7) is -0.462. The van der Waals surface area contributed by atoms with E-state index < -0.39 is 36.5 Å². The highest BCUT2D eigenvalue weighted by molar-refractivity contribution is 8.01. The van der Waals surface area contributed by atoms with Gasteiger partial charge in [-0.05, 0) is 11.6 Å². The van der Waals surface area contributed by atoms with Crippen LogP contribution in [0, 0.1) is 0 Å².